The zero-order chi connectivity index (χ0) is 23.8. The van der Waals surface area contributed by atoms with Gasteiger partial charge in [0.2, 0.25) is 0 Å². The van der Waals surface area contributed by atoms with Crippen molar-refractivity contribution in [1.29, 1.82) is 0 Å². The number of carboxylic acids is 1. The Hall–Kier alpha value is -3.46. The maximum atomic E-state index is 11.6. The van der Waals surface area contributed by atoms with Crippen LogP contribution in [0.15, 0.2) is 36.7 Å². The van der Waals surface area contributed by atoms with E-state index in [1.54, 1.807) is 30.6 Å². The van der Waals surface area contributed by atoms with Crippen LogP contribution >= 0.6 is 0 Å². The molecule has 3 aromatic rings. The lowest BCUT2D eigenvalue weighted by atomic mass is 10.1. The Bertz CT molecular complexity index is 1130. The van der Waals surface area contributed by atoms with Gasteiger partial charge in [0.15, 0.2) is 0 Å². The van der Waals surface area contributed by atoms with Crippen molar-refractivity contribution >= 4 is 39.6 Å². The molecule has 0 saturated heterocycles. The topological polar surface area (TPSA) is 123 Å². The summed E-state index contributed by atoms with van der Waals surface area (Å²) in [4.78, 5) is 31.7. The lowest BCUT2D eigenvalue weighted by Gasteiger charge is -2.19. The minimum Gasteiger partial charge on any atom is -0.478 e. The van der Waals surface area contributed by atoms with Crippen molar-refractivity contribution < 1.29 is 24.2 Å². The third-order valence-corrected chi connectivity index (χ3v) is 4.77. The zero-order valence-electron chi connectivity index (χ0n) is 19.2. The van der Waals surface area contributed by atoms with Gasteiger partial charge in [0.25, 0.3) is 0 Å². The molecule has 0 spiro atoms. The number of ether oxygens (including phenoxy) is 2. The molecule has 2 heterocycles. The van der Waals surface area contributed by atoms with Gasteiger partial charge in [0.05, 0.1) is 17.7 Å². The first-order chi connectivity index (χ1) is 15.7. The van der Waals surface area contributed by atoms with Gasteiger partial charge >= 0.3 is 12.1 Å². The minimum absolute atomic E-state index is 0.189. The molecule has 0 saturated carbocycles. The molecule has 3 N–H and O–H groups in total. The third-order valence-electron chi connectivity index (χ3n) is 4.77. The number of benzene rings is 1. The van der Waals surface area contributed by atoms with Crippen LogP contribution in [0.2, 0.25) is 0 Å². The lowest BCUT2D eigenvalue weighted by Crippen LogP contribution is -2.33. The van der Waals surface area contributed by atoms with Crippen LogP contribution in [0, 0.1) is 0 Å². The second-order valence-corrected chi connectivity index (χ2v) is 8.59. The number of unbranched alkanes of at least 4 members (excludes halogenated alkanes) is 1. The summed E-state index contributed by atoms with van der Waals surface area (Å²) in [5.41, 5.74) is 0.283. The second-order valence-electron chi connectivity index (χ2n) is 8.59. The Morgan fingerprint density at radius 3 is 2.61 bits per heavy atom. The molecule has 0 aliphatic heterocycles. The van der Waals surface area contributed by atoms with Gasteiger partial charge in [-0.25, -0.2) is 14.6 Å². The number of pyridine rings is 2. The number of nitrogens with zero attached hydrogens (tertiary/aromatic N) is 2. The summed E-state index contributed by atoms with van der Waals surface area (Å²) in [6.07, 6.45) is 4.66. The summed E-state index contributed by atoms with van der Waals surface area (Å²) < 4.78 is 10.9. The van der Waals surface area contributed by atoms with Gasteiger partial charge < -0.3 is 25.2 Å². The molecular weight excluding hydrogens is 424 g/mol. The van der Waals surface area contributed by atoms with Crippen LogP contribution in [0.1, 0.15) is 44.0 Å². The normalized spacial score (nSPS) is 11.5. The molecule has 0 aliphatic carbocycles. The SMILES string of the molecule is CC(C)(C)OC(=O)NCCCCOCCNc1nc2cc(C(=O)O)ccc2c2cnccc12. The second kappa shape index (κ2) is 10.9. The van der Waals surface area contributed by atoms with Gasteiger partial charge in [0, 0.05) is 48.2 Å². The van der Waals surface area contributed by atoms with Gasteiger partial charge in [-0.2, -0.15) is 0 Å². The molecule has 0 aliphatic rings. The van der Waals surface area contributed by atoms with E-state index in [9.17, 15) is 14.7 Å². The minimum atomic E-state index is -0.991. The third kappa shape index (κ3) is 7.01. The molecule has 176 valence electrons. The van der Waals surface area contributed by atoms with E-state index in [0.29, 0.717) is 37.6 Å². The largest absolute Gasteiger partial charge is 0.478 e. The number of rotatable bonds is 10. The molecular formula is C24H30N4O5. The van der Waals surface area contributed by atoms with Gasteiger partial charge in [-0.15, -0.1) is 0 Å². The predicted molar refractivity (Wildman–Crippen MR) is 127 cm³/mol. The number of alkyl carbamates (subject to hydrolysis) is 1. The van der Waals surface area contributed by atoms with E-state index in [1.165, 1.54) is 0 Å². The monoisotopic (exact) mass is 454 g/mol. The Labute approximate surface area is 192 Å². The first-order valence-corrected chi connectivity index (χ1v) is 10.9. The number of anilines is 1. The van der Waals surface area contributed by atoms with Crippen molar-refractivity contribution in [3.8, 4) is 0 Å². The van der Waals surface area contributed by atoms with E-state index in [0.717, 1.165) is 29.0 Å². The fourth-order valence-electron chi connectivity index (χ4n) is 3.29. The standard InChI is InChI=1S/C24H30N4O5/c1-24(2,3)33-23(31)27-9-4-5-12-32-13-11-26-21-18-8-10-25-15-19(18)17-7-6-16(22(29)30)14-20(17)28-21/h6-8,10,14-15H,4-5,9,11-13H2,1-3H3,(H,26,28)(H,27,31)(H,29,30). The summed E-state index contributed by atoms with van der Waals surface area (Å²) >= 11 is 0. The molecule has 1 amide bonds. The van der Waals surface area contributed by atoms with Gasteiger partial charge in [-0.1, -0.05) is 6.07 Å². The molecule has 3 rings (SSSR count). The van der Waals surface area contributed by atoms with Crippen molar-refractivity contribution in [2.45, 2.75) is 39.2 Å². The fourth-order valence-corrected chi connectivity index (χ4v) is 3.29. The molecule has 0 fully saturated rings. The highest BCUT2D eigenvalue weighted by Gasteiger charge is 2.15. The Kier molecular flexibility index (Phi) is 8.00. The zero-order valence-corrected chi connectivity index (χ0v) is 19.2. The summed E-state index contributed by atoms with van der Waals surface area (Å²) in [7, 11) is 0. The number of hydrogen-bond acceptors (Lipinski definition) is 7. The fraction of sp³-hybridized carbons (Fsp3) is 0.417. The molecule has 1 aromatic carbocycles. The van der Waals surface area contributed by atoms with Crippen LogP contribution in [0.4, 0.5) is 10.6 Å². The first-order valence-electron chi connectivity index (χ1n) is 10.9. The highest BCUT2D eigenvalue weighted by atomic mass is 16.6. The van der Waals surface area contributed by atoms with E-state index < -0.39 is 17.7 Å². The van der Waals surface area contributed by atoms with E-state index in [2.05, 4.69) is 20.6 Å². The van der Waals surface area contributed by atoms with Gasteiger partial charge in [-0.05, 0) is 51.8 Å². The summed E-state index contributed by atoms with van der Waals surface area (Å²) in [6, 6.07) is 6.79. The van der Waals surface area contributed by atoms with Crippen LogP contribution in [-0.2, 0) is 9.47 Å². The molecule has 0 unspecified atom stereocenters. The lowest BCUT2D eigenvalue weighted by molar-refractivity contribution is 0.0524. The van der Waals surface area contributed by atoms with Gasteiger partial charge in [0.1, 0.15) is 11.4 Å². The maximum absolute atomic E-state index is 11.6. The highest BCUT2D eigenvalue weighted by Crippen LogP contribution is 2.29. The number of carboxylic acid groups (broad SMARTS) is 1. The van der Waals surface area contributed by atoms with Crippen molar-refractivity contribution in [1.82, 2.24) is 15.3 Å². The summed E-state index contributed by atoms with van der Waals surface area (Å²) in [6.45, 7) is 7.63. The molecule has 2 aromatic heterocycles. The van der Waals surface area contributed by atoms with E-state index >= 15 is 0 Å². The molecule has 9 nitrogen and oxygen atoms in total. The van der Waals surface area contributed by atoms with Crippen molar-refractivity contribution in [3.05, 3.63) is 42.2 Å². The summed E-state index contributed by atoms with van der Waals surface area (Å²) in [5.74, 6) is -0.332. The van der Waals surface area contributed by atoms with Crippen LogP contribution < -0.4 is 10.6 Å². The number of carbonyl (C=O) groups is 2. The maximum Gasteiger partial charge on any atom is 0.407 e. The molecule has 0 bridgehead atoms. The Morgan fingerprint density at radius 2 is 1.85 bits per heavy atom. The first kappa shape index (κ1) is 24.2. The highest BCUT2D eigenvalue weighted by molar-refractivity contribution is 6.10. The van der Waals surface area contributed by atoms with Crippen LogP contribution in [0.3, 0.4) is 0 Å². The van der Waals surface area contributed by atoms with Crippen molar-refractivity contribution in [2.75, 3.05) is 31.6 Å². The number of carbonyl (C=O) groups excluding carboxylic acids is 1. The quantitative estimate of drug-likeness (QED) is 0.307. The van der Waals surface area contributed by atoms with E-state index in [4.69, 9.17) is 9.47 Å². The number of aromatic nitrogens is 2. The molecule has 33 heavy (non-hydrogen) atoms. The summed E-state index contributed by atoms with van der Waals surface area (Å²) in [5, 5.41) is 18.0. The van der Waals surface area contributed by atoms with Crippen LogP contribution in [-0.4, -0.2) is 59.0 Å². The van der Waals surface area contributed by atoms with E-state index in [-0.39, 0.29) is 5.56 Å². The molecule has 0 atom stereocenters. The van der Waals surface area contributed by atoms with Crippen molar-refractivity contribution in [2.24, 2.45) is 0 Å². The Balaban J connectivity index is 1.47. The van der Waals surface area contributed by atoms with Gasteiger partial charge in [-0.3, -0.25) is 4.98 Å². The van der Waals surface area contributed by atoms with Crippen molar-refractivity contribution in [3.63, 3.8) is 0 Å². The number of nitrogens with one attached hydrogen (secondary N) is 2. The molecule has 0 radical (unpaired) electrons. The average Bonchev–Trinajstić information content (AvgIpc) is 2.76. The smallest absolute Gasteiger partial charge is 0.407 e. The number of aromatic carboxylic acids is 1. The number of hydrogen-bond donors (Lipinski definition) is 3. The predicted octanol–water partition coefficient (Wildman–Crippen LogP) is 4.21. The number of amides is 1. The Morgan fingerprint density at radius 1 is 1.03 bits per heavy atom. The van der Waals surface area contributed by atoms with Crippen LogP contribution in [0.25, 0.3) is 21.7 Å². The van der Waals surface area contributed by atoms with E-state index in [1.807, 2.05) is 26.8 Å². The van der Waals surface area contributed by atoms with Crippen LogP contribution in [0.5, 0.6) is 0 Å². The molecule has 9 heteroatoms. The number of fused-ring (bicyclic) bond motifs is 3. The average molecular weight is 455 g/mol.